The highest BCUT2D eigenvalue weighted by Gasteiger charge is 2.14. The van der Waals surface area contributed by atoms with Gasteiger partial charge < -0.3 is 4.74 Å². The summed E-state index contributed by atoms with van der Waals surface area (Å²) in [7, 11) is 0. The predicted octanol–water partition coefficient (Wildman–Crippen LogP) is 2.44. The quantitative estimate of drug-likeness (QED) is 0.876. The highest BCUT2D eigenvalue weighted by atomic mass is 32.1. The Labute approximate surface area is 125 Å². The first-order valence-electron chi connectivity index (χ1n) is 6.08. The molecule has 0 saturated heterocycles. The smallest absolute Gasteiger partial charge is 0.357 e. The average Bonchev–Trinajstić information content (AvgIpc) is 2.96. The second-order valence-corrected chi connectivity index (χ2v) is 4.76. The van der Waals surface area contributed by atoms with Crippen molar-refractivity contribution in [3.05, 3.63) is 46.5 Å². The van der Waals surface area contributed by atoms with Crippen molar-refractivity contribution in [2.24, 2.45) is 0 Å². The molecule has 1 heterocycles. The number of nitrogens with one attached hydrogen (secondary N) is 1. The number of thiazole rings is 1. The zero-order valence-corrected chi connectivity index (χ0v) is 11.9. The summed E-state index contributed by atoms with van der Waals surface area (Å²) in [6.45, 7) is 1.97. The van der Waals surface area contributed by atoms with Gasteiger partial charge in [-0.15, -0.1) is 11.3 Å². The summed E-state index contributed by atoms with van der Waals surface area (Å²) in [4.78, 5) is 27.5. The Morgan fingerprint density at radius 2 is 2.29 bits per heavy atom. The van der Waals surface area contributed by atoms with E-state index < -0.39 is 11.9 Å². The van der Waals surface area contributed by atoms with E-state index in [-0.39, 0.29) is 12.3 Å². The van der Waals surface area contributed by atoms with Crippen molar-refractivity contribution in [3.8, 4) is 6.07 Å². The lowest BCUT2D eigenvalue weighted by Crippen LogP contribution is -2.12. The van der Waals surface area contributed by atoms with Crippen LogP contribution in [-0.4, -0.2) is 23.5 Å². The van der Waals surface area contributed by atoms with Crippen molar-refractivity contribution >= 4 is 28.3 Å². The van der Waals surface area contributed by atoms with E-state index in [0.29, 0.717) is 16.3 Å². The number of nitriles is 1. The van der Waals surface area contributed by atoms with Crippen LogP contribution in [0.4, 0.5) is 5.13 Å². The maximum atomic E-state index is 12.0. The van der Waals surface area contributed by atoms with E-state index in [1.165, 1.54) is 11.4 Å². The lowest BCUT2D eigenvalue weighted by atomic mass is 10.1. The fourth-order valence-corrected chi connectivity index (χ4v) is 2.20. The number of hydrogen-bond donors (Lipinski definition) is 1. The van der Waals surface area contributed by atoms with Gasteiger partial charge in [-0.3, -0.25) is 10.1 Å². The molecule has 0 radical (unpaired) electrons. The standard InChI is InChI=1S/C14H11N3O3S/c1-2-20-13(19)11-8-21-14(16-11)17-12(18)10-5-3-4-9(6-10)7-15/h3-6,8H,2H2,1H3,(H,16,17,18). The van der Waals surface area contributed by atoms with E-state index in [0.717, 1.165) is 11.3 Å². The van der Waals surface area contributed by atoms with Crippen LogP contribution in [0.5, 0.6) is 0 Å². The van der Waals surface area contributed by atoms with Crippen LogP contribution >= 0.6 is 11.3 Å². The highest BCUT2D eigenvalue weighted by molar-refractivity contribution is 7.14. The number of aromatic nitrogens is 1. The Balaban J connectivity index is 2.09. The lowest BCUT2D eigenvalue weighted by Gasteiger charge is -2.01. The minimum atomic E-state index is -0.527. The molecule has 0 bridgehead atoms. The summed E-state index contributed by atoms with van der Waals surface area (Å²) in [5, 5.41) is 13.2. The van der Waals surface area contributed by atoms with Crippen LogP contribution in [-0.2, 0) is 4.74 Å². The molecule has 0 atom stereocenters. The normalized spacial score (nSPS) is 9.71. The topological polar surface area (TPSA) is 92.1 Å². The van der Waals surface area contributed by atoms with Crippen molar-refractivity contribution in [2.75, 3.05) is 11.9 Å². The van der Waals surface area contributed by atoms with Gasteiger partial charge in [0.2, 0.25) is 0 Å². The summed E-state index contributed by atoms with van der Waals surface area (Å²) in [5.74, 6) is -0.919. The summed E-state index contributed by atoms with van der Waals surface area (Å²) >= 11 is 1.13. The van der Waals surface area contributed by atoms with Gasteiger partial charge in [0.25, 0.3) is 5.91 Å². The second kappa shape index (κ2) is 6.63. The van der Waals surface area contributed by atoms with Crippen LogP contribution in [0.3, 0.4) is 0 Å². The first kappa shape index (κ1) is 14.7. The van der Waals surface area contributed by atoms with E-state index in [9.17, 15) is 9.59 Å². The van der Waals surface area contributed by atoms with E-state index >= 15 is 0 Å². The van der Waals surface area contributed by atoms with Gasteiger partial charge in [0.05, 0.1) is 18.2 Å². The van der Waals surface area contributed by atoms with Crippen molar-refractivity contribution in [3.63, 3.8) is 0 Å². The summed E-state index contributed by atoms with van der Waals surface area (Å²) < 4.78 is 4.82. The van der Waals surface area contributed by atoms with Crippen LogP contribution in [0.2, 0.25) is 0 Å². The van der Waals surface area contributed by atoms with Gasteiger partial charge >= 0.3 is 5.97 Å². The highest BCUT2D eigenvalue weighted by Crippen LogP contribution is 2.17. The largest absolute Gasteiger partial charge is 0.461 e. The fourth-order valence-electron chi connectivity index (χ4n) is 1.53. The monoisotopic (exact) mass is 301 g/mol. The molecule has 106 valence electrons. The predicted molar refractivity (Wildman–Crippen MR) is 77.2 cm³/mol. The zero-order chi connectivity index (χ0) is 15.2. The minimum absolute atomic E-state index is 0.155. The Morgan fingerprint density at radius 1 is 1.48 bits per heavy atom. The molecule has 6 nitrogen and oxygen atoms in total. The summed E-state index contributed by atoms with van der Waals surface area (Å²) in [6.07, 6.45) is 0. The van der Waals surface area contributed by atoms with Crippen molar-refractivity contribution in [1.82, 2.24) is 4.98 Å². The van der Waals surface area contributed by atoms with Crippen LogP contribution in [0.1, 0.15) is 33.3 Å². The second-order valence-electron chi connectivity index (χ2n) is 3.91. The van der Waals surface area contributed by atoms with Gasteiger partial charge in [0.1, 0.15) is 0 Å². The number of benzene rings is 1. The van der Waals surface area contributed by atoms with E-state index in [4.69, 9.17) is 10.00 Å². The first-order chi connectivity index (χ1) is 10.1. The molecule has 0 saturated carbocycles. The van der Waals surface area contributed by atoms with Crippen LogP contribution < -0.4 is 5.32 Å². The average molecular weight is 301 g/mol. The van der Waals surface area contributed by atoms with E-state index in [1.54, 1.807) is 25.1 Å². The fraction of sp³-hybridized carbons (Fsp3) is 0.143. The van der Waals surface area contributed by atoms with Crippen molar-refractivity contribution in [2.45, 2.75) is 6.92 Å². The first-order valence-corrected chi connectivity index (χ1v) is 6.96. The molecule has 0 unspecified atom stereocenters. The molecule has 2 rings (SSSR count). The molecule has 7 heteroatoms. The molecule has 0 spiro atoms. The van der Waals surface area contributed by atoms with Gasteiger partial charge in [-0.1, -0.05) is 6.07 Å². The number of ether oxygens (including phenoxy) is 1. The molecule has 1 aromatic heterocycles. The zero-order valence-electron chi connectivity index (χ0n) is 11.1. The van der Waals surface area contributed by atoms with Gasteiger partial charge in [-0.05, 0) is 25.1 Å². The summed E-state index contributed by atoms with van der Waals surface area (Å²) in [6, 6.07) is 8.27. The van der Waals surface area contributed by atoms with Crippen LogP contribution in [0.25, 0.3) is 0 Å². The maximum absolute atomic E-state index is 12.0. The number of carbonyl (C=O) groups excluding carboxylic acids is 2. The SMILES string of the molecule is CCOC(=O)c1csc(NC(=O)c2cccc(C#N)c2)n1. The number of anilines is 1. The summed E-state index contributed by atoms with van der Waals surface area (Å²) in [5.41, 5.74) is 0.902. The number of rotatable bonds is 4. The molecule has 0 aliphatic rings. The Morgan fingerprint density at radius 3 is 3.00 bits per heavy atom. The molecule has 21 heavy (non-hydrogen) atoms. The Bertz CT molecular complexity index is 718. The number of nitrogens with zero attached hydrogens (tertiary/aromatic N) is 2. The van der Waals surface area contributed by atoms with Gasteiger partial charge in [-0.25, -0.2) is 9.78 Å². The number of esters is 1. The van der Waals surface area contributed by atoms with Crippen molar-refractivity contribution in [1.29, 1.82) is 5.26 Å². The third kappa shape index (κ3) is 3.64. The number of hydrogen-bond acceptors (Lipinski definition) is 6. The lowest BCUT2D eigenvalue weighted by molar-refractivity contribution is 0.0520. The molecule has 2 aromatic rings. The Kier molecular flexibility index (Phi) is 4.64. The Hall–Kier alpha value is -2.72. The van der Waals surface area contributed by atoms with Crippen LogP contribution in [0, 0.1) is 11.3 Å². The molecule has 0 fully saturated rings. The van der Waals surface area contributed by atoms with E-state index in [2.05, 4.69) is 10.3 Å². The third-order valence-electron chi connectivity index (χ3n) is 2.46. The molecular formula is C14H11N3O3S. The molecule has 1 N–H and O–H groups in total. The van der Waals surface area contributed by atoms with Crippen LogP contribution in [0.15, 0.2) is 29.6 Å². The minimum Gasteiger partial charge on any atom is -0.461 e. The van der Waals surface area contributed by atoms with Crippen molar-refractivity contribution < 1.29 is 14.3 Å². The molecule has 1 amide bonds. The maximum Gasteiger partial charge on any atom is 0.357 e. The molecule has 0 aliphatic carbocycles. The molecule has 1 aromatic carbocycles. The number of carbonyl (C=O) groups is 2. The van der Waals surface area contributed by atoms with E-state index in [1.807, 2.05) is 6.07 Å². The van der Waals surface area contributed by atoms with Gasteiger partial charge in [-0.2, -0.15) is 5.26 Å². The van der Waals surface area contributed by atoms with Gasteiger partial charge in [0, 0.05) is 10.9 Å². The molecular weight excluding hydrogens is 290 g/mol. The molecule has 0 aliphatic heterocycles. The van der Waals surface area contributed by atoms with Gasteiger partial charge in [0.15, 0.2) is 10.8 Å². The number of amides is 1. The third-order valence-corrected chi connectivity index (χ3v) is 3.22.